The van der Waals surface area contributed by atoms with Crippen molar-refractivity contribution in [2.24, 2.45) is 0 Å². The largest absolute Gasteiger partial charge is 0.356 e. The topological polar surface area (TPSA) is 93.4 Å². The Hall–Kier alpha value is -2.74. The molecule has 1 N–H and O–H groups in total. The van der Waals surface area contributed by atoms with Crippen LogP contribution < -0.4 is 5.32 Å². The molecule has 0 aliphatic heterocycles. The van der Waals surface area contributed by atoms with Crippen LogP contribution in [0.15, 0.2) is 53.6 Å². The van der Waals surface area contributed by atoms with Gasteiger partial charge in [0.05, 0.1) is 10.6 Å². The van der Waals surface area contributed by atoms with Gasteiger partial charge in [-0.3, -0.25) is 9.20 Å². The van der Waals surface area contributed by atoms with E-state index < -0.39 is 9.84 Å². The minimum Gasteiger partial charge on any atom is -0.356 e. The molecule has 0 spiro atoms. The fourth-order valence-electron chi connectivity index (χ4n) is 2.55. The molecule has 1 amide bonds. The minimum atomic E-state index is -3.46. The van der Waals surface area contributed by atoms with Crippen LogP contribution in [0.4, 0.5) is 0 Å². The molecule has 0 unspecified atom stereocenters. The van der Waals surface area contributed by atoms with Crippen molar-refractivity contribution in [3.8, 4) is 0 Å². The Labute approximate surface area is 152 Å². The van der Waals surface area contributed by atoms with Crippen LogP contribution >= 0.6 is 0 Å². The lowest BCUT2D eigenvalue weighted by molar-refractivity contribution is -0.120. The van der Waals surface area contributed by atoms with Gasteiger partial charge in [-0.2, -0.15) is 0 Å². The summed E-state index contributed by atoms with van der Waals surface area (Å²) in [6.45, 7) is 2.27. The number of rotatable bonds is 7. The van der Waals surface area contributed by atoms with Gasteiger partial charge in [-0.25, -0.2) is 8.42 Å². The van der Waals surface area contributed by atoms with Gasteiger partial charge >= 0.3 is 0 Å². The first-order valence-corrected chi connectivity index (χ1v) is 9.96. The molecule has 0 bridgehead atoms. The summed E-state index contributed by atoms with van der Waals surface area (Å²) in [4.78, 5) is 12.2. The number of nitrogens with one attached hydrogen (secondary N) is 1. The Morgan fingerprint density at radius 1 is 1.12 bits per heavy atom. The van der Waals surface area contributed by atoms with Gasteiger partial charge in [0.25, 0.3) is 0 Å². The molecule has 136 valence electrons. The number of aryl methyl sites for hydroxylation is 1. The minimum absolute atomic E-state index is 0.0726. The van der Waals surface area contributed by atoms with Crippen LogP contribution in [0.1, 0.15) is 17.8 Å². The lowest BCUT2D eigenvalue weighted by Crippen LogP contribution is -2.28. The molecule has 0 aliphatic carbocycles. The van der Waals surface area contributed by atoms with Crippen molar-refractivity contribution in [1.82, 2.24) is 19.9 Å². The van der Waals surface area contributed by atoms with Crippen LogP contribution in [0.5, 0.6) is 0 Å². The standard InChI is InChI=1S/C18H20N4O3S/c1-14-5-7-15(8-6-14)26(24,25)13-10-18(23)19-11-9-17-21-20-16-4-2-3-12-22(16)17/h2-8,12H,9-11,13H2,1H3,(H,19,23). The summed E-state index contributed by atoms with van der Waals surface area (Å²) in [6.07, 6.45) is 2.30. The molecule has 7 nitrogen and oxygen atoms in total. The van der Waals surface area contributed by atoms with Crippen LogP contribution in [0, 0.1) is 6.92 Å². The fourth-order valence-corrected chi connectivity index (χ4v) is 3.79. The highest BCUT2D eigenvalue weighted by Gasteiger charge is 2.16. The van der Waals surface area contributed by atoms with E-state index in [1.54, 1.807) is 24.3 Å². The maximum Gasteiger partial charge on any atom is 0.221 e. The lowest BCUT2D eigenvalue weighted by Gasteiger charge is -2.06. The molecule has 1 aromatic carbocycles. The second kappa shape index (κ2) is 7.65. The van der Waals surface area contributed by atoms with Crippen LogP contribution in [-0.2, 0) is 21.1 Å². The first-order valence-electron chi connectivity index (χ1n) is 8.30. The van der Waals surface area contributed by atoms with E-state index >= 15 is 0 Å². The van der Waals surface area contributed by atoms with Crippen molar-refractivity contribution < 1.29 is 13.2 Å². The van der Waals surface area contributed by atoms with Gasteiger partial charge in [-0.1, -0.05) is 23.8 Å². The molecule has 0 aliphatic rings. The Balaban J connectivity index is 1.49. The smallest absolute Gasteiger partial charge is 0.221 e. The van der Waals surface area contributed by atoms with Crippen molar-refractivity contribution >= 4 is 21.4 Å². The number of hydrogen-bond donors (Lipinski definition) is 1. The molecule has 0 radical (unpaired) electrons. The summed E-state index contributed by atoms with van der Waals surface area (Å²) < 4.78 is 26.4. The van der Waals surface area contributed by atoms with Gasteiger partial charge in [0.15, 0.2) is 15.5 Å². The average Bonchev–Trinajstić information content (AvgIpc) is 3.04. The van der Waals surface area contributed by atoms with Crippen LogP contribution in [-0.4, -0.2) is 41.2 Å². The molecular weight excluding hydrogens is 352 g/mol. The molecule has 3 aromatic rings. The van der Waals surface area contributed by atoms with Crippen LogP contribution in [0.3, 0.4) is 0 Å². The van der Waals surface area contributed by atoms with E-state index in [4.69, 9.17) is 0 Å². The summed E-state index contributed by atoms with van der Waals surface area (Å²) in [5.41, 5.74) is 1.74. The van der Waals surface area contributed by atoms with Gasteiger partial charge in [-0.15, -0.1) is 10.2 Å². The number of carbonyl (C=O) groups is 1. The molecule has 3 rings (SSSR count). The Kier molecular flexibility index (Phi) is 5.32. The first-order chi connectivity index (χ1) is 12.5. The number of pyridine rings is 1. The van der Waals surface area contributed by atoms with E-state index in [2.05, 4.69) is 15.5 Å². The number of carbonyl (C=O) groups excluding carboxylic acids is 1. The zero-order valence-corrected chi connectivity index (χ0v) is 15.2. The Morgan fingerprint density at radius 3 is 2.65 bits per heavy atom. The van der Waals surface area contributed by atoms with Gasteiger partial charge < -0.3 is 5.32 Å². The third-order valence-electron chi connectivity index (χ3n) is 4.03. The maximum absolute atomic E-state index is 12.3. The van der Waals surface area contributed by atoms with Gasteiger partial charge in [0.1, 0.15) is 5.82 Å². The number of hydrogen-bond acceptors (Lipinski definition) is 5. The van der Waals surface area contributed by atoms with Gasteiger partial charge in [0, 0.05) is 25.6 Å². The average molecular weight is 372 g/mol. The van der Waals surface area contributed by atoms with Gasteiger partial charge in [-0.05, 0) is 31.2 Å². The third-order valence-corrected chi connectivity index (χ3v) is 5.77. The number of nitrogens with zero attached hydrogens (tertiary/aromatic N) is 3. The first kappa shape index (κ1) is 18.1. The van der Waals surface area contributed by atoms with E-state index in [-0.39, 0.29) is 23.0 Å². The zero-order chi connectivity index (χ0) is 18.6. The maximum atomic E-state index is 12.3. The highest BCUT2D eigenvalue weighted by Crippen LogP contribution is 2.13. The van der Waals surface area contributed by atoms with Crippen molar-refractivity contribution in [2.75, 3.05) is 12.3 Å². The molecule has 2 heterocycles. The third kappa shape index (κ3) is 4.26. The Bertz CT molecular complexity index is 1010. The fraction of sp³-hybridized carbons (Fsp3) is 0.278. The van der Waals surface area contributed by atoms with Crippen LogP contribution in [0.2, 0.25) is 0 Å². The summed E-state index contributed by atoms with van der Waals surface area (Å²) in [5.74, 6) is 0.234. The van der Waals surface area contributed by atoms with Gasteiger partial charge in [0.2, 0.25) is 5.91 Å². The molecule has 0 atom stereocenters. The van der Waals surface area contributed by atoms with E-state index in [0.717, 1.165) is 17.0 Å². The number of fused-ring (bicyclic) bond motifs is 1. The highest BCUT2D eigenvalue weighted by molar-refractivity contribution is 7.91. The number of amides is 1. The molecule has 0 saturated heterocycles. The highest BCUT2D eigenvalue weighted by atomic mass is 32.2. The van der Waals surface area contributed by atoms with Crippen molar-refractivity contribution in [2.45, 2.75) is 24.7 Å². The number of sulfone groups is 1. The molecule has 0 saturated carbocycles. The molecule has 0 fully saturated rings. The van der Waals surface area contributed by atoms with Crippen molar-refractivity contribution in [3.05, 3.63) is 60.0 Å². The van der Waals surface area contributed by atoms with Crippen molar-refractivity contribution in [1.29, 1.82) is 0 Å². The summed E-state index contributed by atoms with van der Waals surface area (Å²) in [6, 6.07) is 12.2. The molecule has 8 heteroatoms. The molecule has 26 heavy (non-hydrogen) atoms. The monoisotopic (exact) mass is 372 g/mol. The van der Waals surface area contributed by atoms with E-state index in [9.17, 15) is 13.2 Å². The predicted octanol–water partition coefficient (Wildman–Crippen LogP) is 1.56. The second-order valence-corrected chi connectivity index (χ2v) is 8.14. The van der Waals surface area contributed by atoms with E-state index in [1.165, 1.54) is 0 Å². The molecular formula is C18H20N4O3S. The summed E-state index contributed by atoms with van der Waals surface area (Å²) in [7, 11) is -3.46. The second-order valence-electron chi connectivity index (χ2n) is 6.03. The lowest BCUT2D eigenvalue weighted by atomic mass is 10.2. The summed E-state index contributed by atoms with van der Waals surface area (Å²) in [5, 5.41) is 10.9. The quantitative estimate of drug-likeness (QED) is 0.679. The SMILES string of the molecule is Cc1ccc(S(=O)(=O)CCC(=O)NCCc2nnc3ccccn23)cc1. The normalized spacial score (nSPS) is 11.6. The van der Waals surface area contributed by atoms with E-state index in [1.807, 2.05) is 35.7 Å². The summed E-state index contributed by atoms with van der Waals surface area (Å²) >= 11 is 0. The zero-order valence-electron chi connectivity index (χ0n) is 14.4. The van der Waals surface area contributed by atoms with Crippen molar-refractivity contribution in [3.63, 3.8) is 0 Å². The number of aromatic nitrogens is 3. The Morgan fingerprint density at radius 2 is 1.88 bits per heavy atom. The number of benzene rings is 1. The van der Waals surface area contributed by atoms with Crippen LogP contribution in [0.25, 0.3) is 5.65 Å². The van der Waals surface area contributed by atoms with E-state index in [0.29, 0.717) is 13.0 Å². The molecule has 2 aromatic heterocycles. The predicted molar refractivity (Wildman–Crippen MR) is 97.5 cm³/mol.